The molecule has 0 fully saturated rings. The average molecular weight is 247 g/mol. The number of aromatic nitrogens is 2. The van der Waals surface area contributed by atoms with E-state index in [1.54, 1.807) is 6.20 Å². The molecule has 0 aliphatic carbocycles. The largest absolute Gasteiger partial charge is 0.236 e. The topological polar surface area (TPSA) is 25.8 Å². The third-order valence-corrected chi connectivity index (χ3v) is 3.19. The van der Waals surface area contributed by atoms with Gasteiger partial charge in [-0.2, -0.15) is 0 Å². The maximum Gasteiger partial charge on any atom is 0.161 e. The fraction of sp³-hybridized carbons (Fsp3) is 0.286. The summed E-state index contributed by atoms with van der Waals surface area (Å²) < 4.78 is 0. The zero-order chi connectivity index (χ0) is 12.6. The molecular formula is C14H15ClN2. The molecular weight excluding hydrogens is 232 g/mol. The van der Waals surface area contributed by atoms with Gasteiger partial charge >= 0.3 is 0 Å². The first-order valence-electron chi connectivity index (χ1n) is 5.56. The van der Waals surface area contributed by atoms with Crippen molar-refractivity contribution in [3.05, 3.63) is 45.7 Å². The molecule has 2 nitrogen and oxygen atoms in total. The first kappa shape index (κ1) is 12.1. The summed E-state index contributed by atoms with van der Waals surface area (Å²) in [6, 6.07) is 4.28. The van der Waals surface area contributed by atoms with Gasteiger partial charge in [-0.15, -0.1) is 0 Å². The molecule has 88 valence electrons. The number of benzene rings is 1. The Bertz CT molecular complexity index is 553. The molecule has 0 N–H and O–H groups in total. The maximum atomic E-state index is 6.05. The second-order valence-corrected chi connectivity index (χ2v) is 4.80. The van der Waals surface area contributed by atoms with Crippen LogP contribution in [0.2, 0.25) is 5.15 Å². The summed E-state index contributed by atoms with van der Waals surface area (Å²) >= 11 is 6.05. The Morgan fingerprint density at radius 2 is 1.53 bits per heavy atom. The molecule has 0 spiro atoms. The fourth-order valence-corrected chi connectivity index (χ4v) is 2.20. The summed E-state index contributed by atoms with van der Waals surface area (Å²) in [5.74, 6) is 0.704. The molecule has 1 aromatic heterocycles. The molecule has 17 heavy (non-hydrogen) atoms. The van der Waals surface area contributed by atoms with Crippen LogP contribution in [0.5, 0.6) is 0 Å². The number of hydrogen-bond acceptors (Lipinski definition) is 2. The van der Waals surface area contributed by atoms with Gasteiger partial charge in [0.15, 0.2) is 5.82 Å². The van der Waals surface area contributed by atoms with Crippen LogP contribution >= 0.6 is 11.6 Å². The minimum atomic E-state index is 0.523. The summed E-state index contributed by atoms with van der Waals surface area (Å²) in [5.41, 5.74) is 5.60. The molecule has 3 heteroatoms. The molecule has 2 rings (SSSR count). The van der Waals surface area contributed by atoms with Gasteiger partial charge in [-0.1, -0.05) is 29.3 Å². The van der Waals surface area contributed by atoms with Crippen molar-refractivity contribution in [2.24, 2.45) is 0 Å². The van der Waals surface area contributed by atoms with Crippen molar-refractivity contribution >= 4 is 11.6 Å². The lowest BCUT2D eigenvalue weighted by atomic mass is 9.99. The molecule has 0 bridgehead atoms. The molecule has 0 radical (unpaired) electrons. The van der Waals surface area contributed by atoms with Crippen LogP contribution in [0.3, 0.4) is 0 Å². The van der Waals surface area contributed by atoms with Crippen molar-refractivity contribution in [3.8, 4) is 11.4 Å². The lowest BCUT2D eigenvalue weighted by molar-refractivity contribution is 1.12. The van der Waals surface area contributed by atoms with E-state index in [0.717, 1.165) is 11.1 Å². The molecule has 0 aliphatic heterocycles. The lowest BCUT2D eigenvalue weighted by Crippen LogP contribution is -1.96. The Labute approximate surface area is 107 Å². The van der Waals surface area contributed by atoms with Gasteiger partial charge in [0.05, 0.1) is 0 Å². The number of hydrogen-bond donors (Lipinski definition) is 0. The Morgan fingerprint density at radius 3 is 2.06 bits per heavy atom. The van der Waals surface area contributed by atoms with Crippen molar-refractivity contribution < 1.29 is 0 Å². The second-order valence-electron chi connectivity index (χ2n) is 4.44. The number of nitrogens with zero attached hydrogens (tertiary/aromatic N) is 2. The van der Waals surface area contributed by atoms with Gasteiger partial charge in [0.25, 0.3) is 0 Å². The van der Waals surface area contributed by atoms with Crippen LogP contribution in [0.1, 0.15) is 22.3 Å². The van der Waals surface area contributed by atoms with Crippen LogP contribution in [-0.4, -0.2) is 9.97 Å². The van der Waals surface area contributed by atoms with E-state index >= 15 is 0 Å². The summed E-state index contributed by atoms with van der Waals surface area (Å²) in [5, 5.41) is 0.523. The molecule has 1 heterocycles. The highest BCUT2D eigenvalue weighted by molar-refractivity contribution is 6.30. The third-order valence-electron chi connectivity index (χ3n) is 2.81. The molecule has 0 saturated carbocycles. The Hall–Kier alpha value is -1.41. The molecule has 0 aliphatic rings. The van der Waals surface area contributed by atoms with Crippen molar-refractivity contribution in [2.45, 2.75) is 27.7 Å². The monoisotopic (exact) mass is 246 g/mol. The van der Waals surface area contributed by atoms with Crippen LogP contribution in [0.15, 0.2) is 18.3 Å². The summed E-state index contributed by atoms with van der Waals surface area (Å²) in [6.45, 7) is 8.15. The lowest BCUT2D eigenvalue weighted by Gasteiger charge is -2.10. The van der Waals surface area contributed by atoms with Gasteiger partial charge < -0.3 is 0 Å². The van der Waals surface area contributed by atoms with Gasteiger partial charge in [-0.3, -0.25) is 0 Å². The Kier molecular flexibility index (Phi) is 3.16. The molecule has 0 unspecified atom stereocenters. The fourth-order valence-electron chi connectivity index (χ4n) is 2.07. The highest BCUT2D eigenvalue weighted by Gasteiger charge is 2.10. The minimum Gasteiger partial charge on any atom is -0.236 e. The first-order chi connectivity index (χ1) is 7.99. The molecule has 0 atom stereocenters. The standard InChI is InChI=1S/C14H15ClN2/c1-8-5-9(2)12(10(3)6-8)14-16-7-11(4)13(15)17-14/h5-7H,1-4H3. The molecule has 1 aromatic carbocycles. The van der Waals surface area contributed by atoms with Crippen LogP contribution in [0.4, 0.5) is 0 Å². The van der Waals surface area contributed by atoms with Gasteiger partial charge in [-0.25, -0.2) is 9.97 Å². The van der Waals surface area contributed by atoms with Crippen molar-refractivity contribution in [3.63, 3.8) is 0 Å². The van der Waals surface area contributed by atoms with Crippen LogP contribution < -0.4 is 0 Å². The van der Waals surface area contributed by atoms with Gasteiger partial charge in [0.2, 0.25) is 0 Å². The summed E-state index contributed by atoms with van der Waals surface area (Å²) in [4.78, 5) is 8.71. The predicted octanol–water partition coefficient (Wildman–Crippen LogP) is 4.03. The van der Waals surface area contributed by atoms with Crippen LogP contribution in [-0.2, 0) is 0 Å². The van der Waals surface area contributed by atoms with Crippen LogP contribution in [0, 0.1) is 27.7 Å². The Morgan fingerprint density at radius 1 is 0.941 bits per heavy atom. The molecule has 0 saturated heterocycles. The van der Waals surface area contributed by atoms with E-state index in [1.807, 2.05) is 6.92 Å². The van der Waals surface area contributed by atoms with Gasteiger partial charge in [0, 0.05) is 17.3 Å². The smallest absolute Gasteiger partial charge is 0.161 e. The quantitative estimate of drug-likeness (QED) is 0.710. The van der Waals surface area contributed by atoms with E-state index in [-0.39, 0.29) is 0 Å². The first-order valence-corrected chi connectivity index (χ1v) is 5.94. The van der Waals surface area contributed by atoms with Crippen LogP contribution in [0.25, 0.3) is 11.4 Å². The summed E-state index contributed by atoms with van der Waals surface area (Å²) in [6.07, 6.45) is 1.77. The van der Waals surface area contributed by atoms with E-state index < -0.39 is 0 Å². The third kappa shape index (κ3) is 2.32. The average Bonchev–Trinajstić information content (AvgIpc) is 2.21. The van der Waals surface area contributed by atoms with Crippen molar-refractivity contribution in [1.82, 2.24) is 9.97 Å². The molecule has 0 amide bonds. The van der Waals surface area contributed by atoms with E-state index in [1.165, 1.54) is 16.7 Å². The highest BCUT2D eigenvalue weighted by atomic mass is 35.5. The van der Waals surface area contributed by atoms with Gasteiger partial charge in [0.1, 0.15) is 5.15 Å². The predicted molar refractivity (Wildman–Crippen MR) is 71.4 cm³/mol. The highest BCUT2D eigenvalue weighted by Crippen LogP contribution is 2.26. The van der Waals surface area contributed by atoms with E-state index in [0.29, 0.717) is 11.0 Å². The van der Waals surface area contributed by atoms with E-state index in [2.05, 4.69) is 42.9 Å². The van der Waals surface area contributed by atoms with E-state index in [4.69, 9.17) is 11.6 Å². The SMILES string of the molecule is Cc1cc(C)c(-c2ncc(C)c(Cl)n2)c(C)c1. The zero-order valence-corrected chi connectivity index (χ0v) is 11.3. The maximum absolute atomic E-state index is 6.05. The normalized spacial score (nSPS) is 10.6. The Balaban J connectivity index is 2.64. The number of rotatable bonds is 1. The number of halogens is 1. The minimum absolute atomic E-state index is 0.523. The van der Waals surface area contributed by atoms with Crippen molar-refractivity contribution in [2.75, 3.05) is 0 Å². The van der Waals surface area contributed by atoms with Gasteiger partial charge in [-0.05, 0) is 38.8 Å². The van der Waals surface area contributed by atoms with E-state index in [9.17, 15) is 0 Å². The summed E-state index contributed by atoms with van der Waals surface area (Å²) in [7, 11) is 0. The van der Waals surface area contributed by atoms with Crippen molar-refractivity contribution in [1.29, 1.82) is 0 Å². The molecule has 2 aromatic rings. The second kappa shape index (κ2) is 4.46. The number of aryl methyl sites for hydroxylation is 4. The zero-order valence-electron chi connectivity index (χ0n) is 10.5.